The molecular weight excluding hydrogens is 476 g/mol. The van der Waals surface area contributed by atoms with E-state index in [2.05, 4.69) is 84.9 Å². The molecular formula is C32H26Zr. The Morgan fingerprint density at radius 1 is 0.485 bits per heavy atom. The van der Waals surface area contributed by atoms with Gasteiger partial charge in [0, 0.05) is 0 Å². The van der Waals surface area contributed by atoms with E-state index in [-0.39, 0.29) is 26.2 Å². The van der Waals surface area contributed by atoms with Crippen LogP contribution in [0.25, 0.3) is 21.5 Å². The number of aryl methyl sites for hydroxylation is 2. The van der Waals surface area contributed by atoms with E-state index >= 15 is 0 Å². The number of hydrogen-bond acceptors (Lipinski definition) is 0. The molecule has 158 valence electrons. The molecule has 0 saturated carbocycles. The van der Waals surface area contributed by atoms with Gasteiger partial charge in [0.2, 0.25) is 0 Å². The summed E-state index contributed by atoms with van der Waals surface area (Å²) in [6.07, 6.45) is 2.23. The van der Waals surface area contributed by atoms with Crippen LogP contribution < -0.4 is 0 Å². The third-order valence-corrected chi connectivity index (χ3v) is 5.27. The van der Waals surface area contributed by atoms with E-state index in [1.54, 1.807) is 0 Å². The summed E-state index contributed by atoms with van der Waals surface area (Å²) < 4.78 is 0. The van der Waals surface area contributed by atoms with Gasteiger partial charge in [-0.15, -0.1) is 81.2 Å². The number of rotatable bonds is 3. The van der Waals surface area contributed by atoms with Crippen molar-refractivity contribution in [3.63, 3.8) is 0 Å². The van der Waals surface area contributed by atoms with Crippen molar-refractivity contribution in [2.24, 2.45) is 0 Å². The fourth-order valence-corrected chi connectivity index (χ4v) is 3.69. The Morgan fingerprint density at radius 2 is 0.879 bits per heavy atom. The molecule has 0 N–H and O–H groups in total. The monoisotopic (exact) mass is 500 g/mol. The maximum absolute atomic E-state index is 2.89. The van der Waals surface area contributed by atoms with Crippen molar-refractivity contribution in [1.29, 1.82) is 0 Å². The van der Waals surface area contributed by atoms with E-state index in [0.29, 0.717) is 0 Å². The summed E-state index contributed by atoms with van der Waals surface area (Å²) in [4.78, 5) is 0. The van der Waals surface area contributed by atoms with E-state index in [0.717, 1.165) is 12.8 Å². The summed E-state index contributed by atoms with van der Waals surface area (Å²) in [6.45, 7) is 0. The van der Waals surface area contributed by atoms with E-state index in [9.17, 15) is 0 Å². The second-order valence-electron chi connectivity index (χ2n) is 7.64. The second-order valence-corrected chi connectivity index (χ2v) is 7.64. The fourth-order valence-electron chi connectivity index (χ4n) is 3.69. The molecule has 0 aliphatic heterocycles. The van der Waals surface area contributed by atoms with Crippen LogP contribution in [0.15, 0.2) is 133 Å². The van der Waals surface area contributed by atoms with Crippen LogP contribution in [0.5, 0.6) is 0 Å². The Kier molecular flexibility index (Phi) is 10.1. The predicted octanol–water partition coefficient (Wildman–Crippen LogP) is 8.19. The van der Waals surface area contributed by atoms with Gasteiger partial charge >= 0.3 is 26.2 Å². The summed E-state index contributed by atoms with van der Waals surface area (Å²) >= 11 is 0. The van der Waals surface area contributed by atoms with Gasteiger partial charge < -0.3 is 0 Å². The number of benzene rings is 4. The van der Waals surface area contributed by atoms with Crippen molar-refractivity contribution < 1.29 is 26.2 Å². The van der Waals surface area contributed by atoms with Gasteiger partial charge in [0.15, 0.2) is 0 Å². The topological polar surface area (TPSA) is 0 Å². The molecule has 0 aliphatic rings. The quantitative estimate of drug-likeness (QED) is 0.214. The summed E-state index contributed by atoms with van der Waals surface area (Å²) in [5.41, 5.74) is 2.88. The molecule has 0 unspecified atom stereocenters. The zero-order chi connectivity index (χ0) is 21.8. The van der Waals surface area contributed by atoms with Crippen molar-refractivity contribution >= 4 is 21.5 Å². The first-order valence-corrected chi connectivity index (χ1v) is 11.0. The molecule has 0 aromatic heterocycles. The summed E-state index contributed by atoms with van der Waals surface area (Å²) in [5.74, 6) is 0. The minimum Gasteiger partial charge on any atom is -0.184 e. The van der Waals surface area contributed by atoms with Gasteiger partial charge in [0.05, 0.1) is 0 Å². The van der Waals surface area contributed by atoms with Crippen LogP contribution in [-0.4, -0.2) is 0 Å². The van der Waals surface area contributed by atoms with E-state index in [1.807, 2.05) is 60.7 Å². The molecule has 0 amide bonds. The zero-order valence-electron chi connectivity index (χ0n) is 18.6. The minimum absolute atomic E-state index is 0. The van der Waals surface area contributed by atoms with Crippen molar-refractivity contribution in [3.05, 3.63) is 157 Å². The van der Waals surface area contributed by atoms with Gasteiger partial charge in [0.25, 0.3) is 0 Å². The maximum atomic E-state index is 2.89. The van der Waals surface area contributed by atoms with Crippen molar-refractivity contribution in [2.45, 2.75) is 12.8 Å². The normalized spacial score (nSPS) is 9.82. The Labute approximate surface area is 216 Å². The fraction of sp³-hybridized carbons (Fsp3) is 0.0625. The molecule has 0 aliphatic carbocycles. The molecule has 0 nitrogen and oxygen atoms in total. The molecule has 6 aromatic carbocycles. The maximum Gasteiger partial charge on any atom is 4.00 e. The first-order valence-electron chi connectivity index (χ1n) is 11.0. The van der Waals surface area contributed by atoms with Crippen LogP contribution in [0.4, 0.5) is 0 Å². The third-order valence-electron chi connectivity index (χ3n) is 5.27. The molecule has 0 atom stereocenters. The van der Waals surface area contributed by atoms with Gasteiger partial charge in [-0.05, 0) is 12.8 Å². The summed E-state index contributed by atoms with van der Waals surface area (Å²) in [6, 6.07) is 51.5. The molecule has 6 aromatic rings. The first kappa shape index (κ1) is 24.6. The van der Waals surface area contributed by atoms with Gasteiger partial charge in [-0.25, -0.2) is 0 Å². The van der Waals surface area contributed by atoms with E-state index in [1.165, 1.54) is 32.7 Å². The smallest absolute Gasteiger partial charge is 0.184 e. The largest absolute Gasteiger partial charge is 4.00 e. The van der Waals surface area contributed by atoms with Crippen LogP contribution in [0, 0.1) is 12.1 Å². The van der Waals surface area contributed by atoms with Crippen LogP contribution in [0.3, 0.4) is 0 Å². The Balaban J connectivity index is 0.000000194. The Bertz CT molecular complexity index is 1090. The molecule has 0 spiro atoms. The van der Waals surface area contributed by atoms with Crippen LogP contribution in [0.2, 0.25) is 0 Å². The Hall–Kier alpha value is -3.02. The number of fused-ring (bicyclic) bond motifs is 2. The van der Waals surface area contributed by atoms with Crippen LogP contribution in [0.1, 0.15) is 11.1 Å². The Morgan fingerprint density at radius 3 is 1.18 bits per heavy atom. The SMILES string of the molecule is [Zr+4].[c-]1ccccc1.[c-]1ccccc1.c1ccc2[cH-]c(CCc3cc4ccccc4[cH-]3)cc2c1. The second kappa shape index (κ2) is 13.5. The summed E-state index contributed by atoms with van der Waals surface area (Å²) in [5, 5.41) is 5.43. The third kappa shape index (κ3) is 7.81. The first-order chi connectivity index (χ1) is 15.9. The van der Waals surface area contributed by atoms with Gasteiger partial charge in [-0.1, -0.05) is 12.1 Å². The summed E-state index contributed by atoms with van der Waals surface area (Å²) in [7, 11) is 0. The molecule has 1 heteroatoms. The van der Waals surface area contributed by atoms with Gasteiger partial charge in [-0.3, -0.25) is 0 Å². The standard InChI is InChI=1S/C20H16.2C6H5.Zr/c1-2-6-18-12-15(11-17(18)5-1)9-10-16-13-19-7-3-4-8-20(19)14-16;2*1-2-4-6-5-3-1;/h1-8,11-14H,9-10H2;2*1-5H;/q-2;2*-1;+4. The van der Waals surface area contributed by atoms with E-state index in [4.69, 9.17) is 0 Å². The van der Waals surface area contributed by atoms with Gasteiger partial charge in [-0.2, -0.15) is 84.9 Å². The van der Waals surface area contributed by atoms with Crippen molar-refractivity contribution in [1.82, 2.24) is 0 Å². The van der Waals surface area contributed by atoms with Crippen LogP contribution >= 0.6 is 0 Å². The van der Waals surface area contributed by atoms with E-state index < -0.39 is 0 Å². The average molecular weight is 502 g/mol. The van der Waals surface area contributed by atoms with Crippen molar-refractivity contribution in [3.8, 4) is 0 Å². The molecule has 0 saturated heterocycles. The average Bonchev–Trinajstić information content (AvgIpc) is 3.49. The number of hydrogen-bond donors (Lipinski definition) is 0. The minimum atomic E-state index is 0. The molecule has 0 bridgehead atoms. The molecule has 0 radical (unpaired) electrons. The predicted molar refractivity (Wildman–Crippen MR) is 137 cm³/mol. The van der Waals surface area contributed by atoms with Gasteiger partial charge in [0.1, 0.15) is 0 Å². The zero-order valence-corrected chi connectivity index (χ0v) is 21.1. The molecule has 33 heavy (non-hydrogen) atoms. The molecule has 0 fully saturated rings. The molecule has 0 heterocycles. The molecule has 6 rings (SSSR count). The van der Waals surface area contributed by atoms with Crippen molar-refractivity contribution in [2.75, 3.05) is 0 Å². The van der Waals surface area contributed by atoms with Crippen LogP contribution in [-0.2, 0) is 39.0 Å².